The van der Waals surface area contributed by atoms with E-state index in [2.05, 4.69) is 30.9 Å². The summed E-state index contributed by atoms with van der Waals surface area (Å²) in [5.41, 5.74) is 0.391. The molecule has 0 aromatic carbocycles. The minimum Gasteiger partial charge on any atom is -0.339 e. The molecule has 1 saturated carbocycles. The van der Waals surface area contributed by atoms with Gasteiger partial charge in [-0.25, -0.2) is 0 Å². The third-order valence-corrected chi connectivity index (χ3v) is 4.20. The maximum atomic E-state index is 11.0. The Balaban J connectivity index is 1.94. The van der Waals surface area contributed by atoms with Crippen LogP contribution in [-0.4, -0.2) is 15.9 Å². The zero-order chi connectivity index (χ0) is 14.0. The predicted octanol–water partition coefficient (Wildman–Crippen LogP) is 3.52. The summed E-state index contributed by atoms with van der Waals surface area (Å²) in [5.74, 6) is 2.51. The first-order chi connectivity index (χ1) is 8.86. The molecule has 0 amide bonds. The molecular formula is C15H24N2O2. The molecule has 0 radical (unpaired) electrons. The minimum absolute atomic E-state index is 0.0617. The smallest absolute Gasteiger partial charge is 0.234 e. The number of ketones is 1. The molecule has 1 heterocycles. The molecular weight excluding hydrogens is 240 g/mol. The van der Waals surface area contributed by atoms with Crippen molar-refractivity contribution in [3.63, 3.8) is 0 Å². The molecule has 0 bridgehead atoms. The van der Waals surface area contributed by atoms with Gasteiger partial charge in [-0.15, -0.1) is 0 Å². The van der Waals surface area contributed by atoms with Gasteiger partial charge in [-0.3, -0.25) is 4.79 Å². The summed E-state index contributed by atoms with van der Waals surface area (Å²) < 4.78 is 5.14. The first-order valence-electron chi connectivity index (χ1n) is 7.18. The number of hydrogen-bond acceptors (Lipinski definition) is 4. The molecule has 4 nitrogen and oxygen atoms in total. The number of aromatic nitrogens is 2. The van der Waals surface area contributed by atoms with Crippen LogP contribution in [0.3, 0.4) is 0 Å². The van der Waals surface area contributed by atoms with Gasteiger partial charge >= 0.3 is 0 Å². The van der Waals surface area contributed by atoms with Crippen LogP contribution in [-0.2, 0) is 11.2 Å². The van der Waals surface area contributed by atoms with Crippen molar-refractivity contribution in [2.75, 3.05) is 0 Å². The number of carbonyl (C=O) groups excluding carboxylic acids is 1. The summed E-state index contributed by atoms with van der Waals surface area (Å²) in [4.78, 5) is 15.4. The second kappa shape index (κ2) is 5.43. The second-order valence-corrected chi connectivity index (χ2v) is 6.84. The van der Waals surface area contributed by atoms with Crippen molar-refractivity contribution < 1.29 is 9.32 Å². The molecule has 0 N–H and O–H groups in total. The van der Waals surface area contributed by atoms with Crippen molar-refractivity contribution in [3.05, 3.63) is 11.7 Å². The van der Waals surface area contributed by atoms with Crippen LogP contribution < -0.4 is 0 Å². The van der Waals surface area contributed by atoms with Gasteiger partial charge in [-0.1, -0.05) is 25.9 Å². The van der Waals surface area contributed by atoms with Crippen molar-refractivity contribution in [2.45, 2.75) is 65.7 Å². The largest absolute Gasteiger partial charge is 0.339 e. The maximum absolute atomic E-state index is 11.0. The predicted molar refractivity (Wildman–Crippen MR) is 72.8 cm³/mol. The van der Waals surface area contributed by atoms with Crippen molar-refractivity contribution in [3.8, 4) is 0 Å². The highest BCUT2D eigenvalue weighted by Crippen LogP contribution is 2.42. The molecule has 106 valence electrons. The van der Waals surface area contributed by atoms with Gasteiger partial charge in [0.25, 0.3) is 0 Å². The SMILES string of the molecule is CC(=O)Cc1nc(C2CCC(C(C)(C)C)CC2)no1. The molecule has 1 aromatic rings. The lowest BCUT2D eigenvalue weighted by atomic mass is 9.70. The number of rotatable bonds is 3. The molecule has 19 heavy (non-hydrogen) atoms. The van der Waals surface area contributed by atoms with E-state index in [1.54, 1.807) is 6.92 Å². The van der Waals surface area contributed by atoms with Gasteiger partial charge in [-0.05, 0) is 43.9 Å². The maximum Gasteiger partial charge on any atom is 0.234 e. The summed E-state index contributed by atoms with van der Waals surface area (Å²) in [5, 5.41) is 4.04. The first kappa shape index (κ1) is 14.2. The normalized spacial score (nSPS) is 24.4. The van der Waals surface area contributed by atoms with Crippen LogP contribution in [0.2, 0.25) is 0 Å². The molecule has 4 heteroatoms. The van der Waals surface area contributed by atoms with E-state index in [1.807, 2.05) is 0 Å². The summed E-state index contributed by atoms with van der Waals surface area (Å²) in [6.45, 7) is 8.49. The highest BCUT2D eigenvalue weighted by Gasteiger charge is 2.31. The first-order valence-corrected chi connectivity index (χ1v) is 7.18. The number of nitrogens with zero attached hydrogens (tertiary/aromatic N) is 2. The lowest BCUT2D eigenvalue weighted by Crippen LogP contribution is -2.25. The second-order valence-electron chi connectivity index (χ2n) is 6.84. The summed E-state index contributed by atoms with van der Waals surface area (Å²) in [7, 11) is 0. The molecule has 1 fully saturated rings. The summed E-state index contributed by atoms with van der Waals surface area (Å²) in [6.07, 6.45) is 4.96. The Bertz CT molecular complexity index is 437. The van der Waals surface area contributed by atoms with Crippen LogP contribution in [0.25, 0.3) is 0 Å². The zero-order valence-corrected chi connectivity index (χ0v) is 12.4. The third-order valence-electron chi connectivity index (χ3n) is 4.20. The van der Waals surface area contributed by atoms with E-state index in [0.717, 1.165) is 24.6 Å². The van der Waals surface area contributed by atoms with Gasteiger partial charge < -0.3 is 4.52 Å². The van der Waals surface area contributed by atoms with Crippen LogP contribution in [0.4, 0.5) is 0 Å². The Labute approximate surface area is 115 Å². The van der Waals surface area contributed by atoms with E-state index in [9.17, 15) is 4.79 Å². The molecule has 0 spiro atoms. The zero-order valence-electron chi connectivity index (χ0n) is 12.4. The van der Waals surface area contributed by atoms with Gasteiger partial charge in [0.05, 0.1) is 6.42 Å². The molecule has 1 aliphatic rings. The van der Waals surface area contributed by atoms with Crippen molar-refractivity contribution >= 4 is 5.78 Å². The van der Waals surface area contributed by atoms with E-state index in [4.69, 9.17) is 4.52 Å². The Kier molecular flexibility index (Phi) is 4.07. The standard InChI is InChI=1S/C15H24N2O2/c1-10(18)9-13-16-14(17-19-13)11-5-7-12(8-6-11)15(2,3)4/h11-12H,5-9H2,1-4H3. The molecule has 1 aliphatic carbocycles. The summed E-state index contributed by atoms with van der Waals surface area (Å²) >= 11 is 0. The van der Waals surface area contributed by atoms with E-state index in [1.165, 1.54) is 12.8 Å². The highest BCUT2D eigenvalue weighted by atomic mass is 16.5. The monoisotopic (exact) mass is 264 g/mol. The van der Waals surface area contributed by atoms with Gasteiger partial charge in [0.1, 0.15) is 5.78 Å². The van der Waals surface area contributed by atoms with Gasteiger partial charge in [0, 0.05) is 5.92 Å². The molecule has 0 saturated heterocycles. The van der Waals surface area contributed by atoms with Crippen LogP contribution in [0, 0.1) is 11.3 Å². The van der Waals surface area contributed by atoms with Crippen molar-refractivity contribution in [1.29, 1.82) is 0 Å². The number of hydrogen-bond donors (Lipinski definition) is 0. The number of carbonyl (C=O) groups is 1. The van der Waals surface area contributed by atoms with Crippen LogP contribution in [0.1, 0.15) is 71.0 Å². The molecule has 0 unspecified atom stereocenters. The fraction of sp³-hybridized carbons (Fsp3) is 0.800. The molecule has 0 atom stereocenters. The van der Waals surface area contributed by atoms with Crippen LogP contribution >= 0.6 is 0 Å². The third kappa shape index (κ3) is 3.64. The minimum atomic E-state index is 0.0617. The highest BCUT2D eigenvalue weighted by molar-refractivity contribution is 5.77. The van der Waals surface area contributed by atoms with E-state index in [0.29, 0.717) is 17.2 Å². The van der Waals surface area contributed by atoms with E-state index in [-0.39, 0.29) is 12.2 Å². The lowest BCUT2D eigenvalue weighted by molar-refractivity contribution is -0.116. The Hall–Kier alpha value is -1.19. The van der Waals surface area contributed by atoms with Crippen LogP contribution in [0.15, 0.2) is 4.52 Å². The quantitative estimate of drug-likeness (QED) is 0.838. The Morgan fingerprint density at radius 1 is 1.26 bits per heavy atom. The topological polar surface area (TPSA) is 56.0 Å². The summed E-state index contributed by atoms with van der Waals surface area (Å²) in [6, 6.07) is 0. The average molecular weight is 264 g/mol. The van der Waals surface area contributed by atoms with Crippen molar-refractivity contribution in [2.24, 2.45) is 11.3 Å². The Morgan fingerprint density at radius 2 is 1.89 bits per heavy atom. The average Bonchev–Trinajstić information content (AvgIpc) is 2.75. The van der Waals surface area contributed by atoms with Gasteiger partial charge in [-0.2, -0.15) is 4.98 Å². The fourth-order valence-corrected chi connectivity index (χ4v) is 2.94. The molecule has 1 aromatic heterocycles. The number of Topliss-reactive ketones (excluding diaryl/α,β-unsaturated/α-hetero) is 1. The van der Waals surface area contributed by atoms with Gasteiger partial charge in [0.2, 0.25) is 5.89 Å². The van der Waals surface area contributed by atoms with Crippen LogP contribution in [0.5, 0.6) is 0 Å². The fourth-order valence-electron chi connectivity index (χ4n) is 2.94. The van der Waals surface area contributed by atoms with E-state index < -0.39 is 0 Å². The molecule has 0 aliphatic heterocycles. The van der Waals surface area contributed by atoms with E-state index >= 15 is 0 Å². The lowest BCUT2D eigenvalue weighted by Gasteiger charge is -2.36. The molecule has 2 rings (SSSR count). The Morgan fingerprint density at radius 3 is 2.42 bits per heavy atom. The van der Waals surface area contributed by atoms with Crippen molar-refractivity contribution in [1.82, 2.24) is 10.1 Å². The van der Waals surface area contributed by atoms with Gasteiger partial charge in [0.15, 0.2) is 5.82 Å².